The lowest BCUT2D eigenvalue weighted by Crippen LogP contribution is -2.12. The van der Waals surface area contributed by atoms with Crippen LogP contribution in [0.15, 0.2) is 36.5 Å². The number of hydrogen-bond donors (Lipinski definition) is 2. The fraction of sp³-hybridized carbons (Fsp3) is 0.0909. The van der Waals surface area contributed by atoms with Crippen molar-refractivity contribution in [2.24, 2.45) is 0 Å². The van der Waals surface area contributed by atoms with Crippen LogP contribution in [0, 0.1) is 5.82 Å². The van der Waals surface area contributed by atoms with Gasteiger partial charge >= 0.3 is 0 Å². The average molecular weight is 205 g/mol. The Morgan fingerprint density at radius 3 is 2.73 bits per heavy atom. The summed E-state index contributed by atoms with van der Waals surface area (Å²) >= 11 is 0. The topological polar surface area (TPSA) is 45.0 Å². The van der Waals surface area contributed by atoms with E-state index in [1.165, 1.54) is 6.07 Å². The molecule has 0 spiro atoms. The normalized spacial score (nSPS) is 10.3. The SMILES string of the molecule is CN(c1ccc[nH]1)c1cccc(F)c1N. The molecule has 78 valence electrons. The highest BCUT2D eigenvalue weighted by Crippen LogP contribution is 2.29. The van der Waals surface area contributed by atoms with E-state index in [1.807, 2.05) is 19.2 Å². The van der Waals surface area contributed by atoms with Gasteiger partial charge in [-0.25, -0.2) is 4.39 Å². The molecular formula is C11H12FN3. The zero-order chi connectivity index (χ0) is 10.8. The number of para-hydroxylation sites is 1. The Hall–Kier alpha value is -1.97. The maximum absolute atomic E-state index is 13.2. The highest BCUT2D eigenvalue weighted by molar-refractivity contribution is 5.73. The van der Waals surface area contributed by atoms with Crippen LogP contribution in [0.2, 0.25) is 0 Å². The van der Waals surface area contributed by atoms with Crippen molar-refractivity contribution in [2.45, 2.75) is 0 Å². The molecule has 0 radical (unpaired) electrons. The Bertz CT molecular complexity index is 451. The molecule has 1 aromatic carbocycles. The number of nitrogens with zero attached hydrogens (tertiary/aromatic N) is 1. The Balaban J connectivity index is 2.42. The van der Waals surface area contributed by atoms with Crippen molar-refractivity contribution in [3.8, 4) is 0 Å². The molecule has 0 unspecified atom stereocenters. The number of rotatable bonds is 2. The van der Waals surface area contributed by atoms with Gasteiger partial charge in [0.05, 0.1) is 11.4 Å². The van der Waals surface area contributed by atoms with Gasteiger partial charge < -0.3 is 15.6 Å². The molecule has 0 saturated carbocycles. The molecule has 0 bridgehead atoms. The van der Waals surface area contributed by atoms with Crippen molar-refractivity contribution >= 4 is 17.2 Å². The monoisotopic (exact) mass is 205 g/mol. The number of anilines is 3. The van der Waals surface area contributed by atoms with Crippen molar-refractivity contribution in [1.82, 2.24) is 4.98 Å². The number of aromatic nitrogens is 1. The molecular weight excluding hydrogens is 193 g/mol. The van der Waals surface area contributed by atoms with Crippen LogP contribution in [-0.4, -0.2) is 12.0 Å². The van der Waals surface area contributed by atoms with E-state index < -0.39 is 5.82 Å². The number of nitrogens with one attached hydrogen (secondary N) is 1. The molecule has 2 aromatic rings. The number of halogens is 1. The summed E-state index contributed by atoms with van der Waals surface area (Å²) < 4.78 is 13.2. The van der Waals surface area contributed by atoms with E-state index in [0.717, 1.165) is 5.82 Å². The smallest absolute Gasteiger partial charge is 0.148 e. The molecule has 15 heavy (non-hydrogen) atoms. The Kier molecular flexibility index (Phi) is 2.33. The maximum atomic E-state index is 13.2. The second-order valence-electron chi connectivity index (χ2n) is 3.29. The van der Waals surface area contributed by atoms with Gasteiger partial charge in [-0.15, -0.1) is 0 Å². The predicted octanol–water partition coefficient (Wildman–Crippen LogP) is 2.50. The quantitative estimate of drug-likeness (QED) is 0.740. The lowest BCUT2D eigenvalue weighted by atomic mass is 10.2. The van der Waals surface area contributed by atoms with Crippen molar-refractivity contribution in [3.05, 3.63) is 42.3 Å². The highest BCUT2D eigenvalue weighted by atomic mass is 19.1. The molecule has 1 aromatic heterocycles. The molecule has 1 heterocycles. The first kappa shape index (κ1) is 9.58. The first-order valence-corrected chi connectivity index (χ1v) is 4.61. The highest BCUT2D eigenvalue weighted by Gasteiger charge is 2.10. The molecule has 0 amide bonds. The molecule has 3 nitrogen and oxygen atoms in total. The number of nitrogens with two attached hydrogens (primary N) is 1. The van der Waals surface area contributed by atoms with Gasteiger partial charge in [-0.2, -0.15) is 0 Å². The summed E-state index contributed by atoms with van der Waals surface area (Å²) in [5, 5.41) is 0. The summed E-state index contributed by atoms with van der Waals surface area (Å²) in [6.45, 7) is 0. The molecule has 3 N–H and O–H groups in total. The molecule has 0 atom stereocenters. The fourth-order valence-electron chi connectivity index (χ4n) is 1.48. The number of benzene rings is 1. The minimum Gasteiger partial charge on any atom is -0.395 e. The van der Waals surface area contributed by atoms with Crippen LogP contribution in [-0.2, 0) is 0 Å². The summed E-state index contributed by atoms with van der Waals surface area (Å²) in [6, 6.07) is 8.53. The van der Waals surface area contributed by atoms with Crippen molar-refractivity contribution in [1.29, 1.82) is 0 Å². The zero-order valence-corrected chi connectivity index (χ0v) is 8.37. The second kappa shape index (κ2) is 3.65. The van der Waals surface area contributed by atoms with Gasteiger partial charge in [0, 0.05) is 13.2 Å². The molecule has 0 fully saturated rings. The Morgan fingerprint density at radius 1 is 1.27 bits per heavy atom. The van der Waals surface area contributed by atoms with Gasteiger partial charge in [0.25, 0.3) is 0 Å². The third kappa shape index (κ3) is 1.66. The van der Waals surface area contributed by atoms with Gasteiger partial charge in [0.15, 0.2) is 0 Å². The van der Waals surface area contributed by atoms with Crippen LogP contribution >= 0.6 is 0 Å². The largest absolute Gasteiger partial charge is 0.395 e. The minimum absolute atomic E-state index is 0.162. The minimum atomic E-state index is -0.397. The first-order chi connectivity index (χ1) is 7.20. The van der Waals surface area contributed by atoms with E-state index in [2.05, 4.69) is 4.98 Å². The van der Waals surface area contributed by atoms with E-state index in [9.17, 15) is 4.39 Å². The number of aromatic amines is 1. The lowest BCUT2D eigenvalue weighted by Gasteiger charge is -2.19. The summed E-state index contributed by atoms with van der Waals surface area (Å²) in [7, 11) is 1.83. The molecule has 4 heteroatoms. The Morgan fingerprint density at radius 2 is 2.07 bits per heavy atom. The third-order valence-corrected chi connectivity index (χ3v) is 2.33. The second-order valence-corrected chi connectivity index (χ2v) is 3.29. The van der Waals surface area contributed by atoms with Crippen LogP contribution in [0.25, 0.3) is 0 Å². The maximum Gasteiger partial charge on any atom is 0.148 e. The molecule has 0 aliphatic carbocycles. The first-order valence-electron chi connectivity index (χ1n) is 4.61. The van der Waals surface area contributed by atoms with Gasteiger partial charge in [-0.05, 0) is 24.3 Å². The summed E-state index contributed by atoms with van der Waals surface area (Å²) in [5.41, 5.74) is 6.47. The lowest BCUT2D eigenvalue weighted by molar-refractivity contribution is 0.632. The van der Waals surface area contributed by atoms with Crippen molar-refractivity contribution < 1.29 is 4.39 Å². The summed E-state index contributed by atoms with van der Waals surface area (Å²) in [4.78, 5) is 4.83. The average Bonchev–Trinajstić information content (AvgIpc) is 2.74. The van der Waals surface area contributed by atoms with E-state index in [1.54, 1.807) is 23.2 Å². The molecule has 2 rings (SSSR count). The molecule has 0 aliphatic heterocycles. The van der Waals surface area contributed by atoms with Crippen LogP contribution in [0.1, 0.15) is 0 Å². The summed E-state index contributed by atoms with van der Waals surface area (Å²) in [6.07, 6.45) is 1.81. The van der Waals surface area contributed by atoms with E-state index >= 15 is 0 Å². The van der Waals surface area contributed by atoms with Crippen LogP contribution in [0.4, 0.5) is 21.6 Å². The fourth-order valence-corrected chi connectivity index (χ4v) is 1.48. The predicted molar refractivity (Wildman–Crippen MR) is 59.7 cm³/mol. The summed E-state index contributed by atoms with van der Waals surface area (Å²) in [5.74, 6) is 0.471. The van der Waals surface area contributed by atoms with Gasteiger partial charge in [0.1, 0.15) is 11.6 Å². The van der Waals surface area contributed by atoms with Crippen molar-refractivity contribution in [3.63, 3.8) is 0 Å². The van der Waals surface area contributed by atoms with E-state index in [0.29, 0.717) is 5.69 Å². The zero-order valence-electron chi connectivity index (χ0n) is 8.37. The third-order valence-electron chi connectivity index (χ3n) is 2.33. The van der Waals surface area contributed by atoms with Crippen LogP contribution in [0.5, 0.6) is 0 Å². The van der Waals surface area contributed by atoms with E-state index in [4.69, 9.17) is 5.73 Å². The van der Waals surface area contributed by atoms with Gasteiger partial charge in [-0.3, -0.25) is 0 Å². The van der Waals surface area contributed by atoms with Crippen LogP contribution in [0.3, 0.4) is 0 Å². The van der Waals surface area contributed by atoms with Gasteiger partial charge in [0.2, 0.25) is 0 Å². The van der Waals surface area contributed by atoms with Crippen molar-refractivity contribution in [2.75, 3.05) is 17.7 Å². The number of H-pyrrole nitrogens is 1. The number of hydrogen-bond acceptors (Lipinski definition) is 2. The van der Waals surface area contributed by atoms with Crippen LogP contribution < -0.4 is 10.6 Å². The molecule has 0 saturated heterocycles. The van der Waals surface area contributed by atoms with Gasteiger partial charge in [-0.1, -0.05) is 6.07 Å². The van der Waals surface area contributed by atoms with E-state index in [-0.39, 0.29) is 5.69 Å². The molecule has 0 aliphatic rings. The number of nitrogen functional groups attached to an aromatic ring is 1. The standard InChI is InChI=1S/C11H12FN3/c1-15(10-6-3-7-14-10)9-5-2-4-8(12)11(9)13/h2-7,14H,13H2,1H3. The Labute approximate surface area is 87.3 Å².